The van der Waals surface area contributed by atoms with E-state index in [1.807, 2.05) is 30.3 Å². The van der Waals surface area contributed by atoms with Gasteiger partial charge in [-0.1, -0.05) is 43.2 Å². The first-order valence-electron chi connectivity index (χ1n) is 9.87. The Kier molecular flexibility index (Phi) is 5.55. The first kappa shape index (κ1) is 19.1. The zero-order chi connectivity index (χ0) is 20.2. The second-order valence-electron chi connectivity index (χ2n) is 7.43. The molecule has 0 aromatic heterocycles. The van der Waals surface area contributed by atoms with Gasteiger partial charge in [-0.3, -0.25) is 4.90 Å². The van der Waals surface area contributed by atoms with E-state index in [-0.39, 0.29) is 23.8 Å². The van der Waals surface area contributed by atoms with Crippen LogP contribution in [-0.2, 0) is 6.54 Å². The Labute approximate surface area is 168 Å². The number of nitrogens with one attached hydrogen (secondary N) is 2. The van der Waals surface area contributed by atoms with Gasteiger partial charge in [0.15, 0.2) is 0 Å². The Balaban J connectivity index is 1.61. The number of fused-ring (bicyclic) bond motifs is 1. The van der Waals surface area contributed by atoms with Crippen LogP contribution in [0.4, 0.5) is 19.7 Å². The van der Waals surface area contributed by atoms with E-state index in [1.54, 1.807) is 4.90 Å². The SMILES string of the molecule is O=C(/N=C1\C2CCCCC2NC(=O)N1Cc1ccccc1)Nc1ccc(F)cc1. The van der Waals surface area contributed by atoms with E-state index in [4.69, 9.17) is 0 Å². The third-order valence-electron chi connectivity index (χ3n) is 5.42. The third-order valence-corrected chi connectivity index (χ3v) is 5.42. The van der Waals surface area contributed by atoms with E-state index < -0.39 is 6.03 Å². The van der Waals surface area contributed by atoms with Crippen LogP contribution in [0.15, 0.2) is 59.6 Å². The van der Waals surface area contributed by atoms with Gasteiger partial charge in [0.2, 0.25) is 0 Å². The van der Waals surface area contributed by atoms with Crippen molar-refractivity contribution in [2.75, 3.05) is 5.32 Å². The highest BCUT2D eigenvalue weighted by Gasteiger charge is 2.40. The summed E-state index contributed by atoms with van der Waals surface area (Å²) in [7, 11) is 0. The van der Waals surface area contributed by atoms with Gasteiger partial charge < -0.3 is 10.6 Å². The summed E-state index contributed by atoms with van der Waals surface area (Å²) < 4.78 is 13.1. The molecule has 2 fully saturated rings. The normalized spacial score (nSPS) is 22.7. The summed E-state index contributed by atoms with van der Waals surface area (Å²) >= 11 is 0. The second-order valence-corrected chi connectivity index (χ2v) is 7.43. The molecule has 2 aromatic rings. The maximum atomic E-state index is 13.1. The minimum Gasteiger partial charge on any atom is -0.334 e. The van der Waals surface area contributed by atoms with E-state index in [2.05, 4.69) is 15.6 Å². The molecule has 1 saturated carbocycles. The Morgan fingerprint density at radius 1 is 1.10 bits per heavy atom. The quantitative estimate of drug-likeness (QED) is 0.802. The summed E-state index contributed by atoms with van der Waals surface area (Å²) in [5.41, 5.74) is 1.42. The summed E-state index contributed by atoms with van der Waals surface area (Å²) in [5, 5.41) is 5.74. The van der Waals surface area contributed by atoms with Gasteiger partial charge in [-0.25, -0.2) is 14.0 Å². The molecular weight excluding hydrogens is 371 g/mol. The van der Waals surface area contributed by atoms with Crippen LogP contribution in [0.25, 0.3) is 0 Å². The number of amidine groups is 1. The molecule has 1 aliphatic carbocycles. The molecule has 2 N–H and O–H groups in total. The molecule has 29 heavy (non-hydrogen) atoms. The third kappa shape index (κ3) is 4.45. The van der Waals surface area contributed by atoms with Gasteiger partial charge in [-0.2, -0.15) is 4.99 Å². The summed E-state index contributed by atoms with van der Waals surface area (Å²) in [6.45, 7) is 0.346. The van der Waals surface area contributed by atoms with Gasteiger partial charge in [-0.05, 0) is 42.7 Å². The first-order chi connectivity index (χ1) is 14.1. The fraction of sp³-hybridized carbons (Fsp3) is 0.318. The van der Waals surface area contributed by atoms with E-state index in [9.17, 15) is 14.0 Å². The number of hydrogen-bond donors (Lipinski definition) is 2. The molecule has 0 radical (unpaired) electrons. The molecule has 2 atom stereocenters. The molecule has 6 nitrogen and oxygen atoms in total. The van der Waals surface area contributed by atoms with Crippen LogP contribution in [0.1, 0.15) is 31.2 Å². The number of nitrogens with zero attached hydrogens (tertiary/aromatic N) is 2. The summed E-state index contributed by atoms with van der Waals surface area (Å²) in [6.07, 6.45) is 3.84. The smallest absolute Gasteiger partial charge is 0.334 e. The number of anilines is 1. The highest BCUT2D eigenvalue weighted by Crippen LogP contribution is 2.31. The van der Waals surface area contributed by atoms with Crippen molar-refractivity contribution in [1.29, 1.82) is 0 Å². The monoisotopic (exact) mass is 394 g/mol. The number of aliphatic imine (C=N–C) groups is 1. The molecule has 2 aromatic carbocycles. The van der Waals surface area contributed by atoms with E-state index >= 15 is 0 Å². The first-order valence-corrected chi connectivity index (χ1v) is 9.87. The van der Waals surface area contributed by atoms with Crippen molar-refractivity contribution >= 4 is 23.6 Å². The van der Waals surface area contributed by atoms with Crippen LogP contribution in [-0.4, -0.2) is 28.8 Å². The van der Waals surface area contributed by atoms with E-state index in [0.717, 1.165) is 31.2 Å². The molecular formula is C22H23FN4O2. The van der Waals surface area contributed by atoms with E-state index in [0.29, 0.717) is 18.1 Å². The van der Waals surface area contributed by atoms with Gasteiger partial charge in [0.1, 0.15) is 11.7 Å². The van der Waals surface area contributed by atoms with Crippen molar-refractivity contribution in [3.63, 3.8) is 0 Å². The number of amides is 4. The molecule has 4 rings (SSSR count). The predicted octanol–water partition coefficient (Wildman–Crippen LogP) is 4.54. The largest absolute Gasteiger partial charge is 0.347 e. The van der Waals surface area contributed by atoms with Crippen molar-refractivity contribution in [2.24, 2.45) is 10.9 Å². The minimum atomic E-state index is -0.566. The van der Waals surface area contributed by atoms with Gasteiger partial charge in [0, 0.05) is 17.6 Å². The van der Waals surface area contributed by atoms with Crippen LogP contribution >= 0.6 is 0 Å². The molecule has 7 heteroatoms. The van der Waals surface area contributed by atoms with Crippen molar-refractivity contribution < 1.29 is 14.0 Å². The molecule has 1 saturated heterocycles. The van der Waals surface area contributed by atoms with E-state index in [1.165, 1.54) is 24.3 Å². The molecule has 150 valence electrons. The minimum absolute atomic E-state index is 0.000597. The van der Waals surface area contributed by atoms with Gasteiger partial charge in [0.05, 0.1) is 6.54 Å². The fourth-order valence-electron chi connectivity index (χ4n) is 4.00. The van der Waals surface area contributed by atoms with Crippen molar-refractivity contribution in [3.05, 3.63) is 66.0 Å². The van der Waals surface area contributed by atoms with Crippen LogP contribution in [0, 0.1) is 11.7 Å². The molecule has 0 bridgehead atoms. The van der Waals surface area contributed by atoms with Crippen LogP contribution in [0.3, 0.4) is 0 Å². The summed E-state index contributed by atoms with van der Waals surface area (Å²) in [6, 6.07) is 14.3. The molecule has 1 heterocycles. The lowest BCUT2D eigenvalue weighted by atomic mass is 9.82. The average Bonchev–Trinajstić information content (AvgIpc) is 2.73. The Hall–Kier alpha value is -3.22. The topological polar surface area (TPSA) is 73.8 Å². The number of benzene rings is 2. The zero-order valence-electron chi connectivity index (χ0n) is 16.0. The number of carbonyl (C=O) groups excluding carboxylic acids is 2. The highest BCUT2D eigenvalue weighted by atomic mass is 19.1. The van der Waals surface area contributed by atoms with Gasteiger partial charge in [0.25, 0.3) is 0 Å². The van der Waals surface area contributed by atoms with Crippen LogP contribution in [0.2, 0.25) is 0 Å². The van der Waals surface area contributed by atoms with Crippen LogP contribution < -0.4 is 10.6 Å². The number of halogens is 1. The fourth-order valence-corrected chi connectivity index (χ4v) is 4.00. The standard InChI is InChI=1S/C22H23FN4O2/c23-16-10-12-17(13-11-16)24-21(28)26-20-18-8-4-5-9-19(18)25-22(29)27(20)14-15-6-2-1-3-7-15/h1-3,6-7,10-13,18-19H,4-5,8-9,14H2,(H,24,28)(H,25,29)/b26-20+. The number of hydrogen-bond acceptors (Lipinski definition) is 2. The average molecular weight is 394 g/mol. The maximum absolute atomic E-state index is 13.1. The molecule has 2 unspecified atom stereocenters. The van der Waals surface area contributed by atoms with Crippen molar-refractivity contribution in [3.8, 4) is 0 Å². The lowest BCUT2D eigenvalue weighted by Gasteiger charge is -2.42. The zero-order valence-corrected chi connectivity index (χ0v) is 16.0. The number of rotatable bonds is 3. The highest BCUT2D eigenvalue weighted by molar-refractivity contribution is 6.07. The van der Waals surface area contributed by atoms with Crippen LogP contribution in [0.5, 0.6) is 0 Å². The summed E-state index contributed by atoms with van der Waals surface area (Å²) in [5.74, 6) is 0.128. The number of carbonyl (C=O) groups is 2. The Morgan fingerprint density at radius 2 is 1.83 bits per heavy atom. The summed E-state index contributed by atoms with van der Waals surface area (Å²) in [4.78, 5) is 31.3. The lowest BCUT2D eigenvalue weighted by Crippen LogP contribution is -2.60. The molecule has 2 aliphatic rings. The lowest BCUT2D eigenvalue weighted by molar-refractivity contribution is 0.187. The predicted molar refractivity (Wildman–Crippen MR) is 109 cm³/mol. The molecule has 0 spiro atoms. The molecule has 1 aliphatic heterocycles. The second kappa shape index (κ2) is 8.43. The van der Waals surface area contributed by atoms with Gasteiger partial charge in [-0.15, -0.1) is 0 Å². The van der Waals surface area contributed by atoms with Crippen molar-refractivity contribution in [2.45, 2.75) is 38.3 Å². The van der Waals surface area contributed by atoms with Gasteiger partial charge >= 0.3 is 12.1 Å². The van der Waals surface area contributed by atoms with Crippen molar-refractivity contribution in [1.82, 2.24) is 10.2 Å². The Morgan fingerprint density at radius 3 is 2.59 bits per heavy atom. The maximum Gasteiger partial charge on any atom is 0.347 e. The molecule has 4 amide bonds. The Bertz CT molecular complexity index is 914. The number of urea groups is 2.